The van der Waals surface area contributed by atoms with Crippen molar-refractivity contribution < 1.29 is 4.40 Å². The van der Waals surface area contributed by atoms with Gasteiger partial charge in [0.2, 0.25) is 0 Å². The molecular formula is C16H8NO3+. The Bertz CT molecular complexity index is 1200. The highest BCUT2D eigenvalue weighted by atomic mass is 16.1. The number of fused-ring (bicyclic) bond motifs is 3. The largest absolute Gasteiger partial charge is 0.289 e. The van der Waals surface area contributed by atoms with Gasteiger partial charge in [-0.3, -0.25) is 14.4 Å². The molecule has 0 radical (unpaired) electrons. The summed E-state index contributed by atoms with van der Waals surface area (Å²) in [7, 11) is 0. The summed E-state index contributed by atoms with van der Waals surface area (Å²) < 4.78 is 1.53. The smallest absolute Gasteiger partial charge is 0.274 e. The zero-order valence-corrected chi connectivity index (χ0v) is 10.3. The highest BCUT2D eigenvalue weighted by Crippen LogP contribution is 2.11. The maximum Gasteiger partial charge on any atom is 0.274 e. The molecule has 0 fully saturated rings. The second-order valence-electron chi connectivity index (χ2n) is 4.77. The van der Waals surface area contributed by atoms with Gasteiger partial charge >= 0.3 is 0 Å². The molecule has 1 aliphatic heterocycles. The molecule has 2 aromatic rings. The number of rotatable bonds is 0. The van der Waals surface area contributed by atoms with Crippen molar-refractivity contribution in [2.24, 2.45) is 0 Å². The van der Waals surface area contributed by atoms with E-state index in [-0.39, 0.29) is 21.4 Å². The highest BCUT2D eigenvalue weighted by Gasteiger charge is 2.20. The molecule has 4 rings (SSSR count). The topological polar surface area (TPSA) is 55.3 Å². The lowest BCUT2D eigenvalue weighted by Crippen LogP contribution is -2.28. The predicted molar refractivity (Wildman–Crippen MR) is 73.6 cm³/mol. The minimum atomic E-state index is -0.405. The Balaban J connectivity index is 2.50. The van der Waals surface area contributed by atoms with Crippen molar-refractivity contribution in [1.29, 1.82) is 0 Å². The van der Waals surface area contributed by atoms with Crippen LogP contribution in [0.3, 0.4) is 0 Å². The minimum Gasteiger partial charge on any atom is -0.289 e. The van der Waals surface area contributed by atoms with Crippen molar-refractivity contribution in [3.63, 3.8) is 0 Å². The monoisotopic (exact) mass is 262 g/mol. The van der Waals surface area contributed by atoms with E-state index in [0.717, 1.165) is 16.8 Å². The van der Waals surface area contributed by atoms with E-state index in [1.165, 1.54) is 10.5 Å². The van der Waals surface area contributed by atoms with Crippen molar-refractivity contribution in [3.05, 3.63) is 89.9 Å². The van der Waals surface area contributed by atoms with Crippen LogP contribution in [0.4, 0.5) is 0 Å². The minimum absolute atomic E-state index is 0.0205. The molecule has 2 heterocycles. The lowest BCUT2D eigenvalue weighted by molar-refractivity contribution is -0.520. The summed E-state index contributed by atoms with van der Waals surface area (Å²) in [6.07, 6.45) is 1.73. The average Bonchev–Trinajstić information content (AvgIpc) is 2.75. The molecule has 2 aliphatic rings. The fourth-order valence-electron chi connectivity index (χ4n) is 2.69. The first-order valence-corrected chi connectivity index (χ1v) is 6.17. The molecule has 0 unspecified atom stereocenters. The van der Waals surface area contributed by atoms with Gasteiger partial charge in [-0.2, -0.15) is 4.40 Å². The van der Waals surface area contributed by atoms with Gasteiger partial charge in [-0.25, -0.2) is 0 Å². The van der Waals surface area contributed by atoms with Gasteiger partial charge in [0.15, 0.2) is 16.8 Å². The van der Waals surface area contributed by atoms with Crippen molar-refractivity contribution >= 4 is 16.3 Å². The molecule has 0 spiro atoms. The fourth-order valence-corrected chi connectivity index (χ4v) is 2.69. The molecule has 20 heavy (non-hydrogen) atoms. The summed E-state index contributed by atoms with van der Waals surface area (Å²) in [5.74, 6) is 0. The van der Waals surface area contributed by atoms with Crippen LogP contribution >= 0.6 is 0 Å². The van der Waals surface area contributed by atoms with Gasteiger partial charge in [0, 0.05) is 11.5 Å². The Hall–Kier alpha value is -2.88. The first-order valence-electron chi connectivity index (χ1n) is 6.17. The number of hydrogen-bond acceptors (Lipinski definition) is 3. The summed E-state index contributed by atoms with van der Waals surface area (Å²) in [6.45, 7) is 0. The molecule has 0 atom stereocenters. The molecule has 1 aromatic carbocycles. The van der Waals surface area contributed by atoms with Crippen LogP contribution in [0.5, 0.6) is 0 Å². The van der Waals surface area contributed by atoms with Gasteiger partial charge in [0.05, 0.1) is 0 Å². The third kappa shape index (κ3) is 1.25. The molecule has 4 heteroatoms. The van der Waals surface area contributed by atoms with Crippen LogP contribution in [-0.2, 0) is 0 Å². The van der Waals surface area contributed by atoms with Crippen molar-refractivity contribution in [2.45, 2.75) is 0 Å². The molecular weight excluding hydrogens is 254 g/mol. The van der Waals surface area contributed by atoms with Gasteiger partial charge in [-0.1, -0.05) is 18.2 Å². The van der Waals surface area contributed by atoms with E-state index < -0.39 is 5.43 Å². The van der Waals surface area contributed by atoms with E-state index >= 15 is 0 Å². The van der Waals surface area contributed by atoms with E-state index in [9.17, 15) is 14.4 Å². The Morgan fingerprint density at radius 1 is 0.800 bits per heavy atom. The Kier molecular flexibility index (Phi) is 1.96. The third-order valence-corrected chi connectivity index (χ3v) is 3.62. The number of hydrogen-bond donors (Lipinski definition) is 0. The first-order chi connectivity index (χ1) is 9.66. The number of pyridine rings is 1. The van der Waals surface area contributed by atoms with Crippen molar-refractivity contribution in [2.75, 3.05) is 0 Å². The van der Waals surface area contributed by atoms with Crippen LogP contribution in [0.2, 0.25) is 0 Å². The lowest BCUT2D eigenvalue weighted by atomic mass is 10.2. The summed E-state index contributed by atoms with van der Waals surface area (Å²) in [5, 5.41) is 1.96. The fraction of sp³-hybridized carbons (Fsp3) is 0. The molecule has 0 N–H and O–H groups in total. The van der Waals surface area contributed by atoms with Crippen LogP contribution in [0.1, 0.15) is 0 Å². The van der Waals surface area contributed by atoms with Crippen LogP contribution in [0.25, 0.3) is 16.3 Å². The van der Waals surface area contributed by atoms with Gasteiger partial charge in [0.25, 0.3) is 21.7 Å². The van der Waals surface area contributed by atoms with Gasteiger partial charge in [0.1, 0.15) is 0 Å². The predicted octanol–water partition coefficient (Wildman–Crippen LogP) is 0.259. The Morgan fingerprint density at radius 3 is 2.30 bits per heavy atom. The van der Waals surface area contributed by atoms with Crippen molar-refractivity contribution in [3.8, 4) is 0 Å². The molecule has 0 amide bonds. The van der Waals surface area contributed by atoms with E-state index in [0.29, 0.717) is 5.52 Å². The molecule has 4 nitrogen and oxygen atoms in total. The SMILES string of the molecule is O=c1ccc(=O)c2[n+]3cc4ccccc4cc3c(=O)c1=2. The Labute approximate surface area is 111 Å². The zero-order valence-electron chi connectivity index (χ0n) is 10.3. The standard InChI is InChI=1S/C16H8NO3/c18-12-5-6-13(19)15-14(12)16(20)11-7-9-3-1-2-4-10(9)8-17(11)15/h1-8H/q+1. The Morgan fingerprint density at radius 2 is 1.50 bits per heavy atom. The van der Waals surface area contributed by atoms with Gasteiger partial charge in [-0.15, -0.1) is 0 Å². The summed E-state index contributed by atoms with van der Waals surface area (Å²) >= 11 is 0. The van der Waals surface area contributed by atoms with Gasteiger partial charge in [-0.05, 0) is 23.6 Å². The molecule has 0 bridgehead atoms. The maximum atomic E-state index is 12.3. The second kappa shape index (κ2) is 3.57. The maximum absolute atomic E-state index is 12.3. The van der Waals surface area contributed by atoms with Gasteiger partial charge < -0.3 is 0 Å². The summed E-state index contributed by atoms with van der Waals surface area (Å²) in [6, 6.07) is 11.6. The lowest BCUT2D eigenvalue weighted by Gasteiger charge is -1.92. The van der Waals surface area contributed by atoms with Crippen LogP contribution < -0.4 is 20.7 Å². The van der Waals surface area contributed by atoms with E-state index in [1.54, 1.807) is 12.3 Å². The second-order valence-corrected chi connectivity index (χ2v) is 4.77. The quantitative estimate of drug-likeness (QED) is 0.427. The highest BCUT2D eigenvalue weighted by molar-refractivity contribution is 5.83. The van der Waals surface area contributed by atoms with E-state index in [2.05, 4.69) is 0 Å². The first kappa shape index (κ1) is 11.0. The number of nitrogens with zero attached hydrogens (tertiary/aromatic N) is 1. The van der Waals surface area contributed by atoms with E-state index in [1.807, 2.05) is 24.3 Å². The third-order valence-electron chi connectivity index (χ3n) is 3.62. The van der Waals surface area contributed by atoms with Crippen LogP contribution in [0, 0.1) is 10.6 Å². The molecule has 94 valence electrons. The van der Waals surface area contributed by atoms with Crippen LogP contribution in [-0.4, -0.2) is 0 Å². The van der Waals surface area contributed by atoms with Crippen molar-refractivity contribution in [1.82, 2.24) is 0 Å². The molecule has 1 aromatic heterocycles. The summed E-state index contributed by atoms with van der Waals surface area (Å²) in [4.78, 5) is 36.2. The molecule has 0 saturated heterocycles. The van der Waals surface area contributed by atoms with E-state index in [4.69, 9.17) is 0 Å². The van der Waals surface area contributed by atoms with Crippen LogP contribution in [0.15, 0.2) is 63.0 Å². The zero-order chi connectivity index (χ0) is 13.9. The number of benzene rings is 1. The molecule has 0 saturated carbocycles. The summed E-state index contributed by atoms with van der Waals surface area (Å²) in [5.41, 5.74) is -0.739. The normalized spacial score (nSPS) is 11.6. The average molecular weight is 262 g/mol. The number of aromatic nitrogens is 1. The molecule has 1 aliphatic carbocycles.